The molecule has 0 bridgehead atoms. The number of nitrogen functional groups attached to an aromatic ring is 1. The van der Waals surface area contributed by atoms with E-state index >= 15 is 0 Å². The number of nitrogens with zero attached hydrogens (tertiary/aromatic N) is 4. The number of sulfone groups is 1. The zero-order chi connectivity index (χ0) is 25.7. The Labute approximate surface area is 204 Å². The zero-order valence-electron chi connectivity index (χ0n) is 18.8. The molecule has 190 valence electrons. The van der Waals surface area contributed by atoms with Gasteiger partial charge < -0.3 is 15.4 Å². The van der Waals surface area contributed by atoms with Gasteiger partial charge in [0.25, 0.3) is 0 Å². The van der Waals surface area contributed by atoms with Crippen molar-refractivity contribution in [2.24, 2.45) is 0 Å². The second-order valence-electron chi connectivity index (χ2n) is 8.64. The van der Waals surface area contributed by atoms with Crippen LogP contribution < -0.4 is 10.6 Å². The quantitative estimate of drug-likeness (QED) is 0.399. The molecule has 0 unspecified atom stereocenters. The minimum atomic E-state index is -4.76. The maximum atomic E-state index is 13.9. The first kappa shape index (κ1) is 24.4. The van der Waals surface area contributed by atoms with E-state index in [0.29, 0.717) is 32.4 Å². The van der Waals surface area contributed by atoms with Gasteiger partial charge in [0.2, 0.25) is 5.95 Å². The smallest absolute Gasteiger partial charge is 0.384 e. The average molecular weight is 524 g/mol. The van der Waals surface area contributed by atoms with Gasteiger partial charge in [0.15, 0.2) is 9.84 Å². The first-order valence-electron chi connectivity index (χ1n) is 11.1. The van der Waals surface area contributed by atoms with Gasteiger partial charge in [0, 0.05) is 24.8 Å². The van der Waals surface area contributed by atoms with Crippen molar-refractivity contribution in [3.05, 3.63) is 59.7 Å². The van der Waals surface area contributed by atoms with Gasteiger partial charge in [0.05, 0.1) is 35.1 Å². The van der Waals surface area contributed by atoms with E-state index in [2.05, 4.69) is 15.0 Å². The number of hydrogen-bond acceptors (Lipinski definition) is 8. The number of hydrogen-bond donors (Lipinski definition) is 1. The Morgan fingerprint density at radius 3 is 2.31 bits per heavy atom. The molecule has 2 aliphatic rings. The molecule has 3 aromatic rings. The van der Waals surface area contributed by atoms with Crippen molar-refractivity contribution in [1.29, 1.82) is 0 Å². The molecule has 8 nitrogen and oxygen atoms in total. The van der Waals surface area contributed by atoms with Crippen LogP contribution in [0.3, 0.4) is 0 Å². The van der Waals surface area contributed by atoms with Gasteiger partial charge >= 0.3 is 6.18 Å². The molecule has 0 atom stereocenters. The van der Waals surface area contributed by atoms with Crippen molar-refractivity contribution in [2.45, 2.75) is 28.7 Å². The Morgan fingerprint density at radius 2 is 1.69 bits per heavy atom. The number of rotatable bonds is 5. The molecule has 2 fully saturated rings. The Kier molecular flexibility index (Phi) is 5.86. The summed E-state index contributed by atoms with van der Waals surface area (Å²) in [4.78, 5) is 14.3. The Bertz CT molecular complexity index is 1400. The molecular weight excluding hydrogens is 502 g/mol. The van der Waals surface area contributed by atoms with E-state index < -0.39 is 32.1 Å². The summed E-state index contributed by atoms with van der Waals surface area (Å²) in [5, 5.41) is 0. The van der Waals surface area contributed by atoms with Crippen LogP contribution in [0, 0.1) is 5.82 Å². The zero-order valence-corrected chi connectivity index (χ0v) is 19.6. The van der Waals surface area contributed by atoms with Gasteiger partial charge in [0.1, 0.15) is 16.4 Å². The van der Waals surface area contributed by atoms with Crippen molar-refractivity contribution in [1.82, 2.24) is 15.0 Å². The molecule has 3 heterocycles. The number of aromatic nitrogens is 3. The molecule has 2 aromatic heterocycles. The molecule has 0 spiro atoms. The summed E-state index contributed by atoms with van der Waals surface area (Å²) in [5.74, 6) is -0.809. The van der Waals surface area contributed by atoms with E-state index in [1.165, 1.54) is 18.2 Å². The summed E-state index contributed by atoms with van der Waals surface area (Å²) < 4.78 is 86.2. The molecule has 1 aliphatic carbocycles. The van der Waals surface area contributed by atoms with Gasteiger partial charge in [-0.1, -0.05) is 0 Å². The van der Waals surface area contributed by atoms with Crippen molar-refractivity contribution in [2.75, 3.05) is 36.9 Å². The van der Waals surface area contributed by atoms with Gasteiger partial charge in [-0.25, -0.2) is 27.8 Å². The predicted molar refractivity (Wildman–Crippen MR) is 122 cm³/mol. The van der Waals surface area contributed by atoms with E-state index in [-0.39, 0.29) is 46.5 Å². The highest BCUT2D eigenvalue weighted by atomic mass is 32.2. The molecule has 0 amide bonds. The molecule has 0 radical (unpaired) electrons. The number of benzene rings is 1. The Balaban J connectivity index is 1.69. The van der Waals surface area contributed by atoms with Crippen LogP contribution in [-0.2, 0) is 25.5 Å². The van der Waals surface area contributed by atoms with Gasteiger partial charge in [-0.2, -0.15) is 13.2 Å². The van der Waals surface area contributed by atoms with E-state index in [9.17, 15) is 26.0 Å². The largest absolute Gasteiger partial charge is 0.417 e. The van der Waals surface area contributed by atoms with E-state index in [1.807, 2.05) is 0 Å². The van der Waals surface area contributed by atoms with Gasteiger partial charge in [-0.3, -0.25) is 0 Å². The molecule has 1 aromatic carbocycles. The molecule has 1 saturated carbocycles. The number of morpholine rings is 1. The number of nitrogens with two attached hydrogens (primary N) is 1. The van der Waals surface area contributed by atoms with Crippen LogP contribution in [0.1, 0.15) is 24.1 Å². The Morgan fingerprint density at radius 1 is 1.03 bits per heavy atom. The molecular formula is C23H21F4N5O3S. The lowest BCUT2D eigenvalue weighted by Crippen LogP contribution is -2.38. The molecule has 13 heteroatoms. The maximum absolute atomic E-state index is 13.9. The van der Waals surface area contributed by atoms with E-state index in [0.717, 1.165) is 18.3 Å². The van der Waals surface area contributed by atoms with Crippen molar-refractivity contribution in [3.63, 3.8) is 0 Å². The van der Waals surface area contributed by atoms with Crippen LogP contribution in [-0.4, -0.2) is 49.7 Å². The normalized spacial score (nSPS) is 17.7. The van der Waals surface area contributed by atoms with E-state index in [1.54, 1.807) is 4.90 Å². The summed E-state index contributed by atoms with van der Waals surface area (Å²) in [6.07, 6.45) is -3.37. The summed E-state index contributed by atoms with van der Waals surface area (Å²) >= 11 is 0. The fraction of sp³-hybridized carbons (Fsp3) is 0.348. The van der Waals surface area contributed by atoms with Crippen LogP contribution in [0.4, 0.5) is 29.3 Å². The molecule has 36 heavy (non-hydrogen) atoms. The number of anilines is 2. The number of halogens is 4. The number of pyridine rings is 1. The third kappa shape index (κ3) is 4.26. The fourth-order valence-corrected chi connectivity index (χ4v) is 6.20. The Hall–Kier alpha value is -3.32. The lowest BCUT2D eigenvalue weighted by atomic mass is 10.0. The van der Waals surface area contributed by atoms with Crippen molar-refractivity contribution < 1.29 is 30.7 Å². The van der Waals surface area contributed by atoms with Gasteiger partial charge in [-0.15, -0.1) is 0 Å². The number of ether oxygens (including phenoxy) is 1. The van der Waals surface area contributed by atoms with Crippen molar-refractivity contribution in [3.8, 4) is 11.3 Å². The maximum Gasteiger partial charge on any atom is 0.417 e. The summed E-state index contributed by atoms with van der Waals surface area (Å²) in [7, 11) is -4.05. The second-order valence-corrected chi connectivity index (χ2v) is 10.9. The van der Waals surface area contributed by atoms with Crippen LogP contribution in [0.25, 0.3) is 11.3 Å². The van der Waals surface area contributed by atoms with Crippen molar-refractivity contribution >= 4 is 21.6 Å². The van der Waals surface area contributed by atoms with Crippen LogP contribution in [0.5, 0.6) is 0 Å². The lowest BCUT2D eigenvalue weighted by molar-refractivity contribution is -0.137. The third-order valence-corrected chi connectivity index (χ3v) is 8.86. The summed E-state index contributed by atoms with van der Waals surface area (Å²) in [5.41, 5.74) is 4.08. The first-order chi connectivity index (χ1) is 17.0. The van der Waals surface area contributed by atoms with Crippen LogP contribution >= 0.6 is 0 Å². The minimum absolute atomic E-state index is 0.0725. The standard InChI is InChI=1S/C23H21F4N5O3S/c24-14-1-3-15(4-2-14)36(33,34)22(5-6-22)19-12-18(30-21(31-19)32-7-9-35-10-8-32)16-13-29-20(28)11-17(16)23(25,26)27/h1-4,11-13H,5-10H2,(H2,28,29). The highest BCUT2D eigenvalue weighted by Crippen LogP contribution is 2.55. The summed E-state index contributed by atoms with van der Waals surface area (Å²) in [6.45, 7) is 1.48. The highest BCUT2D eigenvalue weighted by molar-refractivity contribution is 7.92. The van der Waals surface area contributed by atoms with Gasteiger partial charge in [-0.05, 0) is 49.2 Å². The fourth-order valence-electron chi connectivity index (χ4n) is 4.24. The van der Waals surface area contributed by atoms with Crippen LogP contribution in [0.2, 0.25) is 0 Å². The first-order valence-corrected chi connectivity index (χ1v) is 12.6. The average Bonchev–Trinajstić information content (AvgIpc) is 3.67. The predicted octanol–water partition coefficient (Wildman–Crippen LogP) is 3.58. The highest BCUT2D eigenvalue weighted by Gasteiger charge is 2.58. The summed E-state index contributed by atoms with van der Waals surface area (Å²) in [6, 6.07) is 6.41. The molecule has 5 rings (SSSR count). The third-order valence-electron chi connectivity index (χ3n) is 6.32. The molecule has 1 aliphatic heterocycles. The molecule has 1 saturated heterocycles. The lowest BCUT2D eigenvalue weighted by Gasteiger charge is -2.28. The second kappa shape index (κ2) is 8.66. The monoisotopic (exact) mass is 523 g/mol. The minimum Gasteiger partial charge on any atom is -0.384 e. The van der Waals surface area contributed by atoms with Crippen LogP contribution in [0.15, 0.2) is 47.5 Å². The van der Waals surface area contributed by atoms with E-state index in [4.69, 9.17) is 10.5 Å². The SMILES string of the molecule is Nc1cc(C(F)(F)F)c(-c2cc(C3(S(=O)(=O)c4ccc(F)cc4)CC3)nc(N3CCOCC3)n2)cn1. The topological polar surface area (TPSA) is 111 Å². The number of alkyl halides is 3. The molecule has 2 N–H and O–H groups in total.